The third-order valence-electron chi connectivity index (χ3n) is 2.91. The van der Waals surface area contributed by atoms with Crippen LogP contribution in [-0.4, -0.2) is 16.9 Å². The van der Waals surface area contributed by atoms with Gasteiger partial charge in [-0.3, -0.25) is 4.79 Å². The average Bonchev–Trinajstić information content (AvgIpc) is 3.05. The van der Waals surface area contributed by atoms with Crippen molar-refractivity contribution in [1.29, 1.82) is 0 Å². The lowest BCUT2D eigenvalue weighted by Crippen LogP contribution is -2.27. The summed E-state index contributed by atoms with van der Waals surface area (Å²) in [6, 6.07) is 8.45. The molecule has 3 rings (SSSR count). The molecule has 0 bridgehead atoms. The number of hydrogen-bond acceptors (Lipinski definition) is 3. The summed E-state index contributed by atoms with van der Waals surface area (Å²) in [5, 5.41) is 5.89. The highest BCUT2D eigenvalue weighted by atomic mass is 79.9. The van der Waals surface area contributed by atoms with Crippen molar-refractivity contribution in [3.05, 3.63) is 39.8 Å². The van der Waals surface area contributed by atoms with Crippen molar-refractivity contribution in [3.63, 3.8) is 0 Å². The van der Waals surface area contributed by atoms with Gasteiger partial charge in [-0.05, 0) is 25.0 Å². The largest absolute Gasteiger partial charge is 0.353 e. The van der Waals surface area contributed by atoms with E-state index in [1.807, 2.05) is 29.6 Å². The van der Waals surface area contributed by atoms with Gasteiger partial charge in [0.1, 0.15) is 5.01 Å². The number of benzene rings is 1. The summed E-state index contributed by atoms with van der Waals surface area (Å²) in [6.07, 6.45) is 2.61. The Morgan fingerprint density at radius 1 is 1.47 bits per heavy atom. The predicted octanol–water partition coefficient (Wildman–Crippen LogP) is 3.39. The van der Waals surface area contributed by atoms with Gasteiger partial charge in [0.15, 0.2) is 0 Å². The number of carbonyl (C=O) groups excluding carboxylic acids is 1. The predicted molar refractivity (Wildman–Crippen MR) is 80.1 cm³/mol. The maximum absolute atomic E-state index is 11.7. The molecule has 98 valence electrons. The van der Waals surface area contributed by atoms with E-state index >= 15 is 0 Å². The molecule has 1 fully saturated rings. The fourth-order valence-electron chi connectivity index (χ4n) is 1.81. The van der Waals surface area contributed by atoms with Crippen molar-refractivity contribution in [2.75, 3.05) is 0 Å². The molecule has 1 aromatic heterocycles. The molecule has 3 nitrogen and oxygen atoms in total. The van der Waals surface area contributed by atoms with Crippen LogP contribution in [0, 0.1) is 0 Å². The number of thiazole rings is 1. The lowest BCUT2D eigenvalue weighted by atomic mass is 10.2. The van der Waals surface area contributed by atoms with Crippen LogP contribution in [0.3, 0.4) is 0 Å². The van der Waals surface area contributed by atoms with Crippen LogP contribution in [0.1, 0.15) is 18.5 Å². The van der Waals surface area contributed by atoms with Gasteiger partial charge in [-0.1, -0.05) is 28.1 Å². The second kappa shape index (κ2) is 5.43. The van der Waals surface area contributed by atoms with E-state index in [1.165, 1.54) is 0 Å². The van der Waals surface area contributed by atoms with Crippen LogP contribution in [0.2, 0.25) is 0 Å². The first kappa shape index (κ1) is 12.8. The molecule has 1 saturated carbocycles. The van der Waals surface area contributed by atoms with E-state index in [0.29, 0.717) is 12.5 Å². The summed E-state index contributed by atoms with van der Waals surface area (Å²) >= 11 is 5.03. The highest BCUT2D eigenvalue weighted by Crippen LogP contribution is 2.26. The number of hydrogen-bond donors (Lipinski definition) is 1. The van der Waals surface area contributed by atoms with Gasteiger partial charge in [-0.2, -0.15) is 0 Å². The molecule has 0 atom stereocenters. The Kier molecular flexibility index (Phi) is 3.66. The summed E-state index contributed by atoms with van der Waals surface area (Å²) < 4.78 is 1.04. The summed E-state index contributed by atoms with van der Waals surface area (Å²) in [5.41, 5.74) is 1.92. The molecule has 2 aromatic rings. The quantitative estimate of drug-likeness (QED) is 0.929. The van der Waals surface area contributed by atoms with E-state index in [2.05, 4.69) is 26.2 Å². The molecule has 1 aliphatic rings. The van der Waals surface area contributed by atoms with Crippen molar-refractivity contribution in [3.8, 4) is 10.6 Å². The molecule has 0 aliphatic heterocycles. The molecular formula is C14H13BrN2OS. The number of halogens is 1. The zero-order valence-electron chi connectivity index (χ0n) is 10.2. The van der Waals surface area contributed by atoms with E-state index in [9.17, 15) is 4.79 Å². The lowest BCUT2D eigenvalue weighted by Gasteiger charge is -2.00. The van der Waals surface area contributed by atoms with Crippen LogP contribution < -0.4 is 5.32 Å². The molecule has 0 radical (unpaired) electrons. The zero-order valence-corrected chi connectivity index (χ0v) is 12.6. The van der Waals surface area contributed by atoms with Crippen LogP contribution in [0.5, 0.6) is 0 Å². The minimum Gasteiger partial charge on any atom is -0.353 e. The summed E-state index contributed by atoms with van der Waals surface area (Å²) in [6.45, 7) is 0. The van der Waals surface area contributed by atoms with Crippen molar-refractivity contribution in [2.24, 2.45) is 0 Å². The summed E-state index contributed by atoms with van der Waals surface area (Å²) in [4.78, 5) is 16.2. The average molecular weight is 337 g/mol. The monoisotopic (exact) mass is 336 g/mol. The van der Waals surface area contributed by atoms with Crippen molar-refractivity contribution >= 4 is 33.2 Å². The molecule has 1 aromatic carbocycles. The first-order valence-electron chi connectivity index (χ1n) is 6.20. The van der Waals surface area contributed by atoms with Crippen molar-refractivity contribution in [2.45, 2.75) is 25.3 Å². The number of nitrogens with one attached hydrogen (secondary N) is 1. The fourth-order valence-corrected chi connectivity index (χ4v) is 3.03. The minimum atomic E-state index is 0.0774. The lowest BCUT2D eigenvalue weighted by molar-refractivity contribution is -0.120. The van der Waals surface area contributed by atoms with Crippen molar-refractivity contribution < 1.29 is 4.79 Å². The number of nitrogens with zero attached hydrogens (tertiary/aromatic N) is 1. The SMILES string of the molecule is O=C(Cc1csc(-c2cccc(Br)c2)n1)NC1CC1. The number of carbonyl (C=O) groups is 1. The first-order valence-corrected chi connectivity index (χ1v) is 7.88. The second-order valence-corrected chi connectivity index (χ2v) is 6.45. The molecule has 1 heterocycles. The van der Waals surface area contributed by atoms with E-state index in [-0.39, 0.29) is 5.91 Å². The zero-order chi connectivity index (χ0) is 13.2. The van der Waals surface area contributed by atoms with Gasteiger partial charge in [0.25, 0.3) is 0 Å². The highest BCUT2D eigenvalue weighted by Gasteiger charge is 2.23. The second-order valence-electron chi connectivity index (χ2n) is 4.67. The Hall–Kier alpha value is -1.20. The number of rotatable bonds is 4. The van der Waals surface area contributed by atoms with Crippen LogP contribution in [-0.2, 0) is 11.2 Å². The first-order chi connectivity index (χ1) is 9.20. The molecule has 0 saturated heterocycles. The Bertz CT molecular complexity index is 607. The molecule has 1 aliphatic carbocycles. The van der Waals surface area contributed by atoms with Crippen LogP contribution in [0.25, 0.3) is 10.6 Å². The van der Waals surface area contributed by atoms with Gasteiger partial charge in [0.2, 0.25) is 5.91 Å². The molecule has 19 heavy (non-hydrogen) atoms. The Morgan fingerprint density at radius 2 is 2.32 bits per heavy atom. The Morgan fingerprint density at radius 3 is 3.05 bits per heavy atom. The van der Waals surface area contributed by atoms with Crippen molar-refractivity contribution in [1.82, 2.24) is 10.3 Å². The maximum Gasteiger partial charge on any atom is 0.226 e. The van der Waals surface area contributed by atoms with E-state index < -0.39 is 0 Å². The van der Waals surface area contributed by atoms with E-state index in [0.717, 1.165) is 33.6 Å². The van der Waals surface area contributed by atoms with Crippen LogP contribution in [0.4, 0.5) is 0 Å². The van der Waals surface area contributed by atoms with Crippen LogP contribution >= 0.6 is 27.3 Å². The normalized spacial score (nSPS) is 14.4. The third-order valence-corrected chi connectivity index (χ3v) is 4.34. The van der Waals surface area contributed by atoms with Gasteiger partial charge in [-0.25, -0.2) is 4.98 Å². The Balaban J connectivity index is 1.70. The molecule has 1 amide bonds. The summed E-state index contributed by atoms with van der Waals surface area (Å²) in [5.74, 6) is 0.0774. The number of aromatic nitrogens is 1. The molecule has 0 spiro atoms. The van der Waals surface area contributed by atoms with Gasteiger partial charge < -0.3 is 5.32 Å². The fraction of sp³-hybridized carbons (Fsp3) is 0.286. The van der Waals surface area contributed by atoms with E-state index in [4.69, 9.17) is 0 Å². The van der Waals surface area contributed by atoms with E-state index in [1.54, 1.807) is 11.3 Å². The van der Waals surface area contributed by atoms with Gasteiger partial charge >= 0.3 is 0 Å². The topological polar surface area (TPSA) is 42.0 Å². The number of amides is 1. The summed E-state index contributed by atoms with van der Waals surface area (Å²) in [7, 11) is 0. The molecule has 0 unspecified atom stereocenters. The standard InChI is InChI=1S/C14H13BrN2OS/c15-10-3-1-2-9(6-10)14-17-12(8-19-14)7-13(18)16-11-4-5-11/h1-3,6,8,11H,4-5,7H2,(H,16,18). The van der Waals surface area contributed by atoms with Gasteiger partial charge in [0.05, 0.1) is 12.1 Å². The maximum atomic E-state index is 11.7. The molecule has 1 N–H and O–H groups in total. The Labute approximate surface area is 124 Å². The smallest absolute Gasteiger partial charge is 0.226 e. The van der Waals surface area contributed by atoms with Gasteiger partial charge in [-0.15, -0.1) is 11.3 Å². The van der Waals surface area contributed by atoms with Gasteiger partial charge in [0, 0.05) is 21.5 Å². The molecule has 5 heteroatoms. The molecular weight excluding hydrogens is 324 g/mol. The third kappa shape index (κ3) is 3.42. The minimum absolute atomic E-state index is 0.0774. The van der Waals surface area contributed by atoms with Crippen LogP contribution in [0.15, 0.2) is 34.1 Å². The highest BCUT2D eigenvalue weighted by molar-refractivity contribution is 9.10.